The van der Waals surface area contributed by atoms with E-state index in [-0.39, 0.29) is 0 Å². The van der Waals surface area contributed by atoms with Gasteiger partial charge in [0.25, 0.3) is 0 Å². The maximum absolute atomic E-state index is 2.50. The molecule has 0 aliphatic carbocycles. The summed E-state index contributed by atoms with van der Waals surface area (Å²) in [5.74, 6) is 0. The lowest BCUT2D eigenvalue weighted by molar-refractivity contribution is 1.56. The van der Waals surface area contributed by atoms with E-state index >= 15 is 0 Å². The molecule has 0 N–H and O–H groups in total. The van der Waals surface area contributed by atoms with Gasteiger partial charge in [0.2, 0.25) is 0 Å². The summed E-state index contributed by atoms with van der Waals surface area (Å²) in [6, 6.07) is 37.7. The summed E-state index contributed by atoms with van der Waals surface area (Å²) in [6.07, 6.45) is 0. The number of rotatable bonds is 0. The van der Waals surface area contributed by atoms with Crippen LogP contribution in [0.4, 0.5) is 0 Å². The van der Waals surface area contributed by atoms with Crippen LogP contribution in [0.3, 0.4) is 0 Å². The summed E-state index contributed by atoms with van der Waals surface area (Å²) in [6.45, 7) is 4.53. The van der Waals surface area contributed by atoms with E-state index in [1.807, 2.05) is 0 Å². The van der Waals surface area contributed by atoms with Gasteiger partial charge in [0.05, 0.1) is 0 Å². The van der Waals surface area contributed by atoms with Crippen LogP contribution in [0.25, 0.3) is 108 Å². The molecule has 0 nitrogen and oxygen atoms in total. The zero-order chi connectivity index (χ0) is 26.0. The monoisotopic (exact) mass is 502 g/mol. The van der Waals surface area contributed by atoms with Crippen LogP contribution in [-0.2, 0) is 0 Å². The largest absolute Gasteiger partial charge is 0.0610 e. The van der Waals surface area contributed by atoms with Crippen LogP contribution in [0.5, 0.6) is 0 Å². The summed E-state index contributed by atoms with van der Waals surface area (Å²) in [4.78, 5) is 0. The van der Waals surface area contributed by atoms with E-state index in [9.17, 15) is 0 Å². The highest BCUT2D eigenvalue weighted by Gasteiger charge is 2.24. The fourth-order valence-electron chi connectivity index (χ4n) is 8.71. The second kappa shape index (κ2) is 6.27. The minimum atomic E-state index is 1.34. The average molecular weight is 503 g/mol. The fourth-order valence-corrected chi connectivity index (χ4v) is 8.71. The Hall–Kier alpha value is -4.94. The van der Waals surface area contributed by atoms with E-state index in [1.54, 1.807) is 0 Å². The molecule has 0 atom stereocenters. The van der Waals surface area contributed by atoms with Crippen LogP contribution in [0.1, 0.15) is 11.1 Å². The topological polar surface area (TPSA) is 0 Å². The number of hydrogen-bond acceptors (Lipinski definition) is 0. The van der Waals surface area contributed by atoms with Crippen LogP contribution in [0.15, 0.2) is 97.1 Å². The lowest BCUT2D eigenvalue weighted by Gasteiger charge is -2.23. The summed E-state index contributed by atoms with van der Waals surface area (Å²) >= 11 is 0. The quantitative estimate of drug-likeness (QED) is 0.143. The molecule has 11 aromatic carbocycles. The second-order valence-electron chi connectivity index (χ2n) is 12.1. The molecule has 0 saturated carbocycles. The number of benzene rings is 11. The highest BCUT2D eigenvalue weighted by atomic mass is 14.3. The van der Waals surface area contributed by atoms with Gasteiger partial charge in [-0.15, -0.1) is 0 Å². The minimum absolute atomic E-state index is 1.34. The zero-order valence-electron chi connectivity index (χ0n) is 22.2. The molecular formula is C40H22. The first-order valence-electron chi connectivity index (χ1n) is 14.3. The van der Waals surface area contributed by atoms with Gasteiger partial charge in [0.15, 0.2) is 0 Å². The van der Waals surface area contributed by atoms with E-state index in [1.165, 1.54) is 119 Å². The predicted molar refractivity (Wildman–Crippen MR) is 176 cm³/mol. The third kappa shape index (κ3) is 2.01. The Morgan fingerprint density at radius 2 is 0.775 bits per heavy atom. The summed E-state index contributed by atoms with van der Waals surface area (Å²) < 4.78 is 0. The molecule has 0 amide bonds. The number of aryl methyl sites for hydroxylation is 2. The summed E-state index contributed by atoms with van der Waals surface area (Å²) in [5, 5.41) is 27.8. The van der Waals surface area contributed by atoms with Gasteiger partial charge in [-0.1, -0.05) is 84.9 Å². The van der Waals surface area contributed by atoms with Crippen molar-refractivity contribution in [1.29, 1.82) is 0 Å². The molecule has 0 fully saturated rings. The van der Waals surface area contributed by atoms with Crippen LogP contribution >= 0.6 is 0 Å². The molecule has 11 rings (SSSR count). The van der Waals surface area contributed by atoms with Crippen LogP contribution in [-0.4, -0.2) is 0 Å². The molecule has 0 aliphatic rings. The highest BCUT2D eigenvalue weighted by Crippen LogP contribution is 2.52. The first kappa shape index (κ1) is 20.0. The van der Waals surface area contributed by atoms with Crippen LogP contribution in [0.2, 0.25) is 0 Å². The van der Waals surface area contributed by atoms with Crippen molar-refractivity contribution in [2.24, 2.45) is 0 Å². The SMILES string of the molecule is Cc1cc2cc3c4ccc5ccc6c(C)cc7cccc8c7c6c5c4c8c4ccc5cc6cccc1c6c2c5c34. The molecular weight excluding hydrogens is 480 g/mol. The number of hydrogen-bond donors (Lipinski definition) is 0. The van der Waals surface area contributed by atoms with Crippen LogP contribution < -0.4 is 0 Å². The standard InChI is InChI=1S/C40H22/c1-19-15-22-5-4-8-29-33(22)39-27(19)12-9-21-10-13-28-31-18-25-16-20(2)26-7-3-6-23-17-24-11-14-30(37(29)40(28)34(21)39)38(31)35(24)36(25)32(23)26/h3-18H,1-2H3. The van der Waals surface area contributed by atoms with Crippen molar-refractivity contribution in [3.63, 3.8) is 0 Å². The molecule has 0 heterocycles. The van der Waals surface area contributed by atoms with Gasteiger partial charge in [-0.2, -0.15) is 0 Å². The lowest BCUT2D eigenvalue weighted by atomic mass is 9.79. The van der Waals surface area contributed by atoms with Gasteiger partial charge in [-0.25, -0.2) is 0 Å². The molecule has 0 unspecified atom stereocenters. The van der Waals surface area contributed by atoms with E-state index < -0.39 is 0 Å². The van der Waals surface area contributed by atoms with Gasteiger partial charge in [-0.05, 0) is 145 Å². The van der Waals surface area contributed by atoms with Gasteiger partial charge in [-0.3, -0.25) is 0 Å². The van der Waals surface area contributed by atoms with Crippen molar-refractivity contribution in [2.45, 2.75) is 13.8 Å². The smallest absolute Gasteiger partial charge is 0.000761 e. The molecule has 40 heavy (non-hydrogen) atoms. The first-order valence-corrected chi connectivity index (χ1v) is 14.3. The minimum Gasteiger partial charge on any atom is -0.0610 e. The third-order valence-electron chi connectivity index (χ3n) is 10.2. The number of fused-ring (bicyclic) bond motifs is 3. The first-order chi connectivity index (χ1) is 19.7. The molecule has 0 spiro atoms. The predicted octanol–water partition coefficient (Wildman–Crippen LogP) is 11.6. The van der Waals surface area contributed by atoms with Gasteiger partial charge < -0.3 is 0 Å². The Labute approximate surface area is 229 Å². The van der Waals surface area contributed by atoms with E-state index in [2.05, 4.69) is 111 Å². The van der Waals surface area contributed by atoms with Crippen molar-refractivity contribution in [3.05, 3.63) is 108 Å². The van der Waals surface area contributed by atoms with Crippen molar-refractivity contribution < 1.29 is 0 Å². The molecule has 0 aliphatic heterocycles. The van der Waals surface area contributed by atoms with E-state index in [0.29, 0.717) is 0 Å². The highest BCUT2D eigenvalue weighted by molar-refractivity contribution is 6.49. The van der Waals surface area contributed by atoms with Gasteiger partial charge in [0.1, 0.15) is 0 Å². The summed E-state index contributed by atoms with van der Waals surface area (Å²) in [5.41, 5.74) is 2.71. The maximum Gasteiger partial charge on any atom is -0.000761 e. The van der Waals surface area contributed by atoms with Crippen molar-refractivity contribution in [2.75, 3.05) is 0 Å². The Morgan fingerprint density at radius 3 is 1.62 bits per heavy atom. The van der Waals surface area contributed by atoms with Gasteiger partial charge >= 0.3 is 0 Å². The molecule has 0 heteroatoms. The molecule has 0 bridgehead atoms. The fraction of sp³-hybridized carbons (Fsp3) is 0.0500. The van der Waals surface area contributed by atoms with Crippen molar-refractivity contribution >= 4 is 108 Å². The third-order valence-corrected chi connectivity index (χ3v) is 10.2. The van der Waals surface area contributed by atoms with Gasteiger partial charge in [0, 0.05) is 0 Å². The normalized spacial score (nSPS) is 13.2. The van der Waals surface area contributed by atoms with Crippen molar-refractivity contribution in [3.8, 4) is 0 Å². The maximum atomic E-state index is 2.50. The van der Waals surface area contributed by atoms with E-state index in [4.69, 9.17) is 0 Å². The molecule has 182 valence electrons. The Bertz CT molecular complexity index is 2870. The summed E-state index contributed by atoms with van der Waals surface area (Å²) in [7, 11) is 0. The molecule has 0 radical (unpaired) electrons. The second-order valence-corrected chi connectivity index (χ2v) is 12.1. The molecule has 11 aromatic rings. The molecule has 0 saturated heterocycles. The van der Waals surface area contributed by atoms with Crippen molar-refractivity contribution in [1.82, 2.24) is 0 Å². The Balaban J connectivity index is 1.56. The lowest BCUT2D eigenvalue weighted by Crippen LogP contribution is -1.95. The molecule has 0 aromatic heterocycles. The van der Waals surface area contributed by atoms with Crippen LogP contribution in [0, 0.1) is 13.8 Å². The Morgan fingerprint density at radius 1 is 0.275 bits per heavy atom. The average Bonchev–Trinajstić information content (AvgIpc) is 2.98. The zero-order valence-corrected chi connectivity index (χ0v) is 22.2. The van der Waals surface area contributed by atoms with E-state index in [0.717, 1.165) is 0 Å². The Kier molecular flexibility index (Phi) is 3.14.